The summed E-state index contributed by atoms with van der Waals surface area (Å²) in [7, 11) is 0. The van der Waals surface area contributed by atoms with Crippen molar-refractivity contribution in [2.24, 2.45) is 0 Å². The van der Waals surface area contributed by atoms with Gasteiger partial charge in [0.25, 0.3) is 0 Å². The number of ether oxygens (including phenoxy) is 1. The molecule has 1 aliphatic carbocycles. The van der Waals surface area contributed by atoms with Gasteiger partial charge in [-0.2, -0.15) is 8.78 Å². The van der Waals surface area contributed by atoms with Gasteiger partial charge in [-0.3, -0.25) is 0 Å². The summed E-state index contributed by atoms with van der Waals surface area (Å²) in [5, 5.41) is 13.7. The lowest BCUT2D eigenvalue weighted by Crippen LogP contribution is -2.37. The number of hydrogen-bond donors (Lipinski definition) is 2. The van der Waals surface area contributed by atoms with Gasteiger partial charge in [-0.1, -0.05) is 36.4 Å². The maximum absolute atomic E-state index is 12.3. The van der Waals surface area contributed by atoms with Crippen LogP contribution >= 0.6 is 0 Å². The number of aliphatic hydroxyl groups excluding tert-OH is 1. The molecule has 0 saturated heterocycles. The highest BCUT2D eigenvalue weighted by Crippen LogP contribution is 2.23. The standard InChI is InChI=1S/C19H21F2NO2/c20-19(21)24-17-7-3-6-15(11-17)18(23)12-22-16-9-8-13-4-1-2-5-14(13)10-16/h1-7,11,16,18-19,22-23H,8-10,12H2. The van der Waals surface area contributed by atoms with Gasteiger partial charge < -0.3 is 15.2 Å². The molecule has 3 nitrogen and oxygen atoms in total. The second-order valence-corrected chi connectivity index (χ2v) is 6.08. The van der Waals surface area contributed by atoms with E-state index in [0.29, 0.717) is 18.2 Å². The van der Waals surface area contributed by atoms with Crippen molar-refractivity contribution in [3.05, 3.63) is 65.2 Å². The molecule has 2 unspecified atom stereocenters. The van der Waals surface area contributed by atoms with Gasteiger partial charge in [0.1, 0.15) is 5.75 Å². The minimum absolute atomic E-state index is 0.0631. The van der Waals surface area contributed by atoms with E-state index in [4.69, 9.17) is 0 Å². The lowest BCUT2D eigenvalue weighted by Gasteiger charge is -2.26. The van der Waals surface area contributed by atoms with E-state index in [1.165, 1.54) is 23.3 Å². The largest absolute Gasteiger partial charge is 0.435 e. The van der Waals surface area contributed by atoms with Crippen molar-refractivity contribution < 1.29 is 18.6 Å². The molecule has 2 atom stereocenters. The molecule has 0 fully saturated rings. The van der Waals surface area contributed by atoms with Crippen molar-refractivity contribution in [1.82, 2.24) is 5.32 Å². The molecule has 2 N–H and O–H groups in total. The van der Waals surface area contributed by atoms with Gasteiger partial charge in [-0.25, -0.2) is 0 Å². The first-order valence-corrected chi connectivity index (χ1v) is 8.15. The van der Waals surface area contributed by atoms with Crippen molar-refractivity contribution in [2.75, 3.05) is 6.54 Å². The maximum atomic E-state index is 12.3. The van der Waals surface area contributed by atoms with Gasteiger partial charge in [0.05, 0.1) is 6.10 Å². The van der Waals surface area contributed by atoms with Crippen LogP contribution in [0, 0.1) is 0 Å². The molecule has 2 aromatic carbocycles. The zero-order chi connectivity index (χ0) is 16.9. The smallest absolute Gasteiger partial charge is 0.387 e. The number of aryl methyl sites for hydroxylation is 1. The molecule has 0 aromatic heterocycles. The van der Waals surface area contributed by atoms with Crippen LogP contribution in [0.15, 0.2) is 48.5 Å². The van der Waals surface area contributed by atoms with Crippen LogP contribution in [-0.4, -0.2) is 24.3 Å². The van der Waals surface area contributed by atoms with E-state index in [2.05, 4.69) is 28.3 Å². The number of hydrogen-bond acceptors (Lipinski definition) is 3. The Balaban J connectivity index is 1.55. The molecule has 0 heterocycles. The predicted octanol–water partition coefficient (Wildman–Crippen LogP) is 3.47. The van der Waals surface area contributed by atoms with Gasteiger partial charge in [-0.05, 0) is 48.1 Å². The third kappa shape index (κ3) is 4.30. The monoisotopic (exact) mass is 333 g/mol. The van der Waals surface area contributed by atoms with Crippen LogP contribution in [0.5, 0.6) is 5.75 Å². The number of fused-ring (bicyclic) bond motifs is 1. The van der Waals surface area contributed by atoms with E-state index in [1.807, 2.05) is 6.07 Å². The average molecular weight is 333 g/mol. The van der Waals surface area contributed by atoms with E-state index >= 15 is 0 Å². The quantitative estimate of drug-likeness (QED) is 0.850. The van der Waals surface area contributed by atoms with E-state index in [-0.39, 0.29) is 5.75 Å². The van der Waals surface area contributed by atoms with Crippen LogP contribution in [0.1, 0.15) is 29.2 Å². The second-order valence-electron chi connectivity index (χ2n) is 6.08. The Labute approximate surface area is 140 Å². The van der Waals surface area contributed by atoms with Crippen LogP contribution in [0.4, 0.5) is 8.78 Å². The highest BCUT2D eigenvalue weighted by Gasteiger charge is 2.19. The molecule has 0 bridgehead atoms. The lowest BCUT2D eigenvalue weighted by molar-refractivity contribution is -0.0499. The molecule has 128 valence electrons. The molecule has 24 heavy (non-hydrogen) atoms. The minimum atomic E-state index is -2.86. The highest BCUT2D eigenvalue weighted by molar-refractivity contribution is 5.31. The van der Waals surface area contributed by atoms with Crippen LogP contribution in [0.2, 0.25) is 0 Å². The Bertz CT molecular complexity index is 678. The molecule has 3 rings (SSSR count). The maximum Gasteiger partial charge on any atom is 0.387 e. The summed E-state index contributed by atoms with van der Waals surface area (Å²) in [6.45, 7) is -2.48. The van der Waals surface area contributed by atoms with Crippen LogP contribution in [0.25, 0.3) is 0 Å². The molecule has 0 amide bonds. The minimum Gasteiger partial charge on any atom is -0.435 e. The highest BCUT2D eigenvalue weighted by atomic mass is 19.3. The van der Waals surface area contributed by atoms with Crippen molar-refractivity contribution in [3.8, 4) is 5.75 Å². The van der Waals surface area contributed by atoms with Crippen LogP contribution in [-0.2, 0) is 12.8 Å². The Morgan fingerprint density at radius 3 is 2.71 bits per heavy atom. The predicted molar refractivity (Wildman–Crippen MR) is 88.3 cm³/mol. The Morgan fingerprint density at radius 2 is 1.92 bits per heavy atom. The van der Waals surface area contributed by atoms with Crippen molar-refractivity contribution >= 4 is 0 Å². The first-order valence-electron chi connectivity index (χ1n) is 8.15. The summed E-state index contributed by atoms with van der Waals surface area (Å²) in [4.78, 5) is 0. The zero-order valence-corrected chi connectivity index (χ0v) is 13.3. The van der Waals surface area contributed by atoms with E-state index < -0.39 is 12.7 Å². The molecule has 0 aliphatic heterocycles. The summed E-state index contributed by atoms with van der Waals surface area (Å²) in [6, 6.07) is 14.9. The van der Waals surface area contributed by atoms with Crippen molar-refractivity contribution in [2.45, 2.75) is 38.0 Å². The van der Waals surface area contributed by atoms with Crippen molar-refractivity contribution in [1.29, 1.82) is 0 Å². The first-order chi connectivity index (χ1) is 11.6. The fourth-order valence-electron chi connectivity index (χ4n) is 3.17. The second kappa shape index (κ2) is 7.73. The summed E-state index contributed by atoms with van der Waals surface area (Å²) >= 11 is 0. The van der Waals surface area contributed by atoms with Crippen molar-refractivity contribution in [3.63, 3.8) is 0 Å². The van der Waals surface area contributed by atoms with Crippen LogP contribution < -0.4 is 10.1 Å². The molecular weight excluding hydrogens is 312 g/mol. The summed E-state index contributed by atoms with van der Waals surface area (Å²) in [5.41, 5.74) is 3.31. The number of alkyl halides is 2. The molecule has 0 radical (unpaired) electrons. The topological polar surface area (TPSA) is 41.5 Å². The number of nitrogens with one attached hydrogen (secondary N) is 1. The van der Waals surface area contributed by atoms with E-state index in [9.17, 15) is 13.9 Å². The fraction of sp³-hybridized carbons (Fsp3) is 0.368. The van der Waals surface area contributed by atoms with Gasteiger partial charge in [0.15, 0.2) is 0 Å². The zero-order valence-electron chi connectivity index (χ0n) is 13.3. The molecule has 0 saturated carbocycles. The molecule has 2 aromatic rings. The molecule has 0 spiro atoms. The van der Waals surface area contributed by atoms with Crippen LogP contribution in [0.3, 0.4) is 0 Å². The van der Waals surface area contributed by atoms with Gasteiger partial charge >= 0.3 is 6.61 Å². The molecular formula is C19H21F2NO2. The molecule has 5 heteroatoms. The number of benzene rings is 2. The van der Waals surface area contributed by atoms with Gasteiger partial charge in [0, 0.05) is 12.6 Å². The SMILES string of the molecule is OC(CNC1CCc2ccccc2C1)c1cccc(OC(F)F)c1. The number of halogens is 2. The van der Waals surface area contributed by atoms with E-state index in [1.54, 1.807) is 12.1 Å². The van der Waals surface area contributed by atoms with Gasteiger partial charge in [-0.15, -0.1) is 0 Å². The fourth-order valence-corrected chi connectivity index (χ4v) is 3.17. The van der Waals surface area contributed by atoms with E-state index in [0.717, 1.165) is 19.3 Å². The number of aliphatic hydroxyl groups is 1. The Kier molecular flexibility index (Phi) is 5.43. The third-order valence-corrected chi connectivity index (χ3v) is 4.41. The first kappa shape index (κ1) is 16.9. The molecule has 1 aliphatic rings. The average Bonchev–Trinajstić information content (AvgIpc) is 2.59. The number of rotatable bonds is 6. The Hall–Kier alpha value is -1.98. The normalized spacial score (nSPS) is 18.2. The third-order valence-electron chi connectivity index (χ3n) is 4.41. The summed E-state index contributed by atoms with van der Waals surface area (Å²) in [5.74, 6) is 0.0631. The van der Waals surface area contributed by atoms with Gasteiger partial charge in [0.2, 0.25) is 0 Å². The summed E-state index contributed by atoms with van der Waals surface area (Å²) < 4.78 is 28.9. The lowest BCUT2D eigenvalue weighted by atomic mass is 9.88. The summed E-state index contributed by atoms with van der Waals surface area (Å²) in [6.07, 6.45) is 2.24. The Morgan fingerprint density at radius 1 is 1.12 bits per heavy atom.